The Kier molecular flexibility index (Phi) is 4.06. The van der Waals surface area contributed by atoms with Crippen molar-refractivity contribution in [3.05, 3.63) is 46.3 Å². The van der Waals surface area contributed by atoms with Gasteiger partial charge in [0, 0.05) is 11.0 Å². The fraction of sp³-hybridized carbons (Fsp3) is 0.333. The molecular weight excluding hydrogens is 302 g/mol. The van der Waals surface area contributed by atoms with Crippen LogP contribution in [0.1, 0.15) is 35.0 Å². The molecule has 1 heterocycles. The number of hydrogen-bond donors (Lipinski definition) is 0. The Morgan fingerprint density at radius 1 is 1.37 bits per heavy atom. The third-order valence-electron chi connectivity index (χ3n) is 3.36. The normalized spacial score (nSPS) is 10.5. The molecule has 1 aromatic carbocycles. The number of aromatic nitrogens is 2. The highest BCUT2D eigenvalue weighted by Gasteiger charge is 2.14. The van der Waals surface area contributed by atoms with Gasteiger partial charge in [-0.1, -0.05) is 28.9 Å². The average Bonchev–Trinajstić information content (AvgIpc) is 2.72. The molecule has 0 amide bonds. The standard InChI is InChI=1S/C15H16BrN3/c1-4-14-10(2)18-19(11(14)3)15-6-5-12(8-16)7-13(15)9-17/h5-7H,4,8H2,1-3H3. The number of aryl methyl sites for hydroxylation is 1. The number of benzene rings is 1. The van der Waals surface area contributed by atoms with E-state index in [9.17, 15) is 5.26 Å². The minimum Gasteiger partial charge on any atom is -0.236 e. The molecule has 0 saturated heterocycles. The van der Waals surface area contributed by atoms with Crippen molar-refractivity contribution in [3.8, 4) is 11.8 Å². The Hall–Kier alpha value is -1.60. The van der Waals surface area contributed by atoms with E-state index >= 15 is 0 Å². The fourth-order valence-electron chi connectivity index (χ4n) is 2.36. The zero-order chi connectivity index (χ0) is 14.0. The molecule has 2 aromatic rings. The molecule has 2 rings (SSSR count). The van der Waals surface area contributed by atoms with Crippen molar-refractivity contribution in [2.45, 2.75) is 32.5 Å². The molecule has 1 aromatic heterocycles. The lowest BCUT2D eigenvalue weighted by Crippen LogP contribution is -2.03. The molecule has 0 aliphatic rings. The minimum absolute atomic E-state index is 0.658. The first-order chi connectivity index (χ1) is 9.12. The van der Waals surface area contributed by atoms with Crippen molar-refractivity contribution in [2.24, 2.45) is 0 Å². The van der Waals surface area contributed by atoms with Crippen LogP contribution in [0.15, 0.2) is 18.2 Å². The molecule has 0 fully saturated rings. The first kappa shape index (κ1) is 13.8. The smallest absolute Gasteiger partial charge is 0.101 e. The summed E-state index contributed by atoms with van der Waals surface area (Å²) in [4.78, 5) is 0. The quantitative estimate of drug-likeness (QED) is 0.807. The van der Waals surface area contributed by atoms with Gasteiger partial charge in [-0.05, 0) is 43.5 Å². The summed E-state index contributed by atoms with van der Waals surface area (Å²) in [6.07, 6.45) is 0.957. The third-order valence-corrected chi connectivity index (χ3v) is 4.01. The highest BCUT2D eigenvalue weighted by atomic mass is 79.9. The maximum atomic E-state index is 9.32. The molecule has 0 saturated carbocycles. The number of rotatable bonds is 3. The van der Waals surface area contributed by atoms with Gasteiger partial charge in [-0.2, -0.15) is 10.4 Å². The molecule has 3 nitrogen and oxygen atoms in total. The fourth-order valence-corrected chi connectivity index (χ4v) is 2.71. The van der Waals surface area contributed by atoms with Crippen LogP contribution in [0.4, 0.5) is 0 Å². The molecule has 19 heavy (non-hydrogen) atoms. The minimum atomic E-state index is 0.658. The first-order valence-corrected chi connectivity index (χ1v) is 7.39. The summed E-state index contributed by atoms with van der Waals surface area (Å²) in [5, 5.41) is 14.6. The predicted molar refractivity (Wildman–Crippen MR) is 79.8 cm³/mol. The van der Waals surface area contributed by atoms with Gasteiger partial charge in [-0.25, -0.2) is 4.68 Å². The molecule has 4 heteroatoms. The van der Waals surface area contributed by atoms with Crippen molar-refractivity contribution in [1.82, 2.24) is 9.78 Å². The maximum Gasteiger partial charge on any atom is 0.101 e. The Balaban J connectivity index is 2.63. The van der Waals surface area contributed by atoms with Crippen LogP contribution < -0.4 is 0 Å². The van der Waals surface area contributed by atoms with Crippen LogP contribution in [0.3, 0.4) is 0 Å². The van der Waals surface area contributed by atoms with Crippen molar-refractivity contribution in [3.63, 3.8) is 0 Å². The van der Waals surface area contributed by atoms with E-state index in [0.717, 1.165) is 34.4 Å². The summed E-state index contributed by atoms with van der Waals surface area (Å²) in [5.41, 5.74) is 6.01. The number of halogens is 1. The first-order valence-electron chi connectivity index (χ1n) is 6.26. The van der Waals surface area contributed by atoms with E-state index in [2.05, 4.69) is 40.9 Å². The summed E-state index contributed by atoms with van der Waals surface area (Å²) in [6.45, 7) is 6.19. The van der Waals surface area contributed by atoms with Crippen LogP contribution >= 0.6 is 15.9 Å². The highest BCUT2D eigenvalue weighted by Crippen LogP contribution is 2.22. The number of alkyl halides is 1. The highest BCUT2D eigenvalue weighted by molar-refractivity contribution is 9.08. The zero-order valence-electron chi connectivity index (χ0n) is 11.4. The van der Waals surface area contributed by atoms with Gasteiger partial charge in [0.2, 0.25) is 0 Å². The second kappa shape index (κ2) is 5.58. The van der Waals surface area contributed by atoms with E-state index in [4.69, 9.17) is 0 Å². The van der Waals surface area contributed by atoms with Gasteiger partial charge in [-0.15, -0.1) is 0 Å². The molecule has 0 unspecified atom stereocenters. The van der Waals surface area contributed by atoms with Crippen LogP contribution in [0.25, 0.3) is 5.69 Å². The lowest BCUT2D eigenvalue weighted by Gasteiger charge is -2.08. The lowest BCUT2D eigenvalue weighted by atomic mass is 10.1. The largest absolute Gasteiger partial charge is 0.236 e. The Morgan fingerprint density at radius 3 is 2.63 bits per heavy atom. The predicted octanol–water partition coefficient (Wildman–Crippen LogP) is 3.82. The number of nitrogens with zero attached hydrogens (tertiary/aromatic N) is 3. The lowest BCUT2D eigenvalue weighted by molar-refractivity contribution is 0.829. The molecule has 0 aliphatic carbocycles. The Morgan fingerprint density at radius 2 is 2.11 bits per heavy atom. The van der Waals surface area contributed by atoms with E-state index in [1.807, 2.05) is 29.8 Å². The zero-order valence-corrected chi connectivity index (χ0v) is 13.0. The van der Waals surface area contributed by atoms with Gasteiger partial charge in [0.05, 0.1) is 16.9 Å². The van der Waals surface area contributed by atoms with Crippen LogP contribution in [0.5, 0.6) is 0 Å². The van der Waals surface area contributed by atoms with Crippen molar-refractivity contribution >= 4 is 15.9 Å². The van der Waals surface area contributed by atoms with Gasteiger partial charge in [-0.3, -0.25) is 0 Å². The molecule has 0 aliphatic heterocycles. The van der Waals surface area contributed by atoms with Crippen molar-refractivity contribution in [2.75, 3.05) is 0 Å². The summed E-state index contributed by atoms with van der Waals surface area (Å²) in [7, 11) is 0. The van der Waals surface area contributed by atoms with Crippen molar-refractivity contribution in [1.29, 1.82) is 5.26 Å². The van der Waals surface area contributed by atoms with Crippen molar-refractivity contribution < 1.29 is 0 Å². The summed E-state index contributed by atoms with van der Waals surface area (Å²) in [5.74, 6) is 0. The number of hydrogen-bond acceptors (Lipinski definition) is 2. The topological polar surface area (TPSA) is 41.6 Å². The van der Waals surface area contributed by atoms with Crippen LogP contribution in [-0.2, 0) is 11.8 Å². The molecule has 0 radical (unpaired) electrons. The van der Waals surface area contributed by atoms with Gasteiger partial charge in [0.1, 0.15) is 6.07 Å². The van der Waals surface area contributed by atoms with Gasteiger partial charge in [0.25, 0.3) is 0 Å². The van der Waals surface area contributed by atoms with E-state index in [1.165, 1.54) is 5.56 Å². The van der Waals surface area contributed by atoms with Gasteiger partial charge in [0.15, 0.2) is 0 Å². The summed E-state index contributed by atoms with van der Waals surface area (Å²) >= 11 is 3.41. The third kappa shape index (κ3) is 2.43. The molecule has 0 bridgehead atoms. The van der Waals surface area contributed by atoms with Gasteiger partial charge < -0.3 is 0 Å². The monoisotopic (exact) mass is 317 g/mol. The molecule has 0 atom stereocenters. The van der Waals surface area contributed by atoms with Crippen LogP contribution in [0, 0.1) is 25.2 Å². The van der Waals surface area contributed by atoms with Crippen LogP contribution in [0.2, 0.25) is 0 Å². The van der Waals surface area contributed by atoms with Gasteiger partial charge >= 0.3 is 0 Å². The van der Waals surface area contributed by atoms with Crippen LogP contribution in [-0.4, -0.2) is 9.78 Å². The second-order valence-corrected chi connectivity index (χ2v) is 5.07. The Bertz CT molecular complexity index is 650. The molecule has 0 N–H and O–H groups in total. The molecular formula is C15H16BrN3. The van der Waals surface area contributed by atoms with E-state index in [0.29, 0.717) is 5.56 Å². The molecule has 98 valence electrons. The number of nitriles is 1. The summed E-state index contributed by atoms with van der Waals surface area (Å²) in [6, 6.07) is 8.16. The van der Waals surface area contributed by atoms with E-state index in [-0.39, 0.29) is 0 Å². The molecule has 0 spiro atoms. The SMILES string of the molecule is CCc1c(C)nn(-c2ccc(CBr)cc2C#N)c1C. The average molecular weight is 318 g/mol. The van der Waals surface area contributed by atoms with E-state index in [1.54, 1.807) is 0 Å². The Labute approximate surface area is 122 Å². The second-order valence-electron chi connectivity index (χ2n) is 4.51. The van der Waals surface area contributed by atoms with E-state index < -0.39 is 0 Å². The summed E-state index contributed by atoms with van der Waals surface area (Å²) < 4.78 is 1.88. The maximum absolute atomic E-state index is 9.32.